The molecule has 1 unspecified atom stereocenters. The summed E-state index contributed by atoms with van der Waals surface area (Å²) in [6.07, 6.45) is 4.89. The largest absolute Gasteiger partial charge is 0.497 e. The van der Waals surface area contributed by atoms with E-state index in [0.29, 0.717) is 30.2 Å². The van der Waals surface area contributed by atoms with Gasteiger partial charge in [0.1, 0.15) is 17.3 Å². The van der Waals surface area contributed by atoms with Gasteiger partial charge in [-0.2, -0.15) is 0 Å². The van der Waals surface area contributed by atoms with E-state index in [4.69, 9.17) is 25.4 Å². The second-order valence-electron chi connectivity index (χ2n) is 9.83. The number of aromatic nitrogens is 1. The van der Waals surface area contributed by atoms with Crippen molar-refractivity contribution in [2.45, 2.75) is 57.9 Å². The number of pyridine rings is 1. The van der Waals surface area contributed by atoms with Crippen molar-refractivity contribution in [3.8, 4) is 5.75 Å². The van der Waals surface area contributed by atoms with E-state index in [0.717, 1.165) is 22.8 Å². The summed E-state index contributed by atoms with van der Waals surface area (Å²) >= 11 is 0. The van der Waals surface area contributed by atoms with Crippen LogP contribution in [0.5, 0.6) is 5.75 Å². The van der Waals surface area contributed by atoms with Gasteiger partial charge in [0.15, 0.2) is 17.6 Å². The highest BCUT2D eigenvalue weighted by Gasteiger charge is 2.44. The quantitative estimate of drug-likeness (QED) is 0.455. The van der Waals surface area contributed by atoms with Crippen molar-refractivity contribution in [2.75, 3.05) is 12.4 Å². The molecule has 8 heteroatoms. The molecule has 2 saturated carbocycles. The number of amidine groups is 1. The van der Waals surface area contributed by atoms with Gasteiger partial charge >= 0.3 is 0 Å². The van der Waals surface area contributed by atoms with Crippen LogP contribution in [-0.2, 0) is 6.54 Å². The number of nitrogens with zero attached hydrogens (tertiary/aromatic N) is 3. The first kappa shape index (κ1) is 22.7. The van der Waals surface area contributed by atoms with E-state index in [1.54, 1.807) is 7.11 Å². The number of anilines is 1. The zero-order valence-corrected chi connectivity index (χ0v) is 20.2. The van der Waals surface area contributed by atoms with Gasteiger partial charge in [-0.05, 0) is 74.3 Å². The van der Waals surface area contributed by atoms with Crippen molar-refractivity contribution in [1.82, 2.24) is 15.6 Å². The van der Waals surface area contributed by atoms with Crippen LogP contribution in [0.25, 0.3) is 0 Å². The van der Waals surface area contributed by atoms with Crippen LogP contribution in [0.3, 0.4) is 0 Å². The number of benzene rings is 1. The lowest BCUT2D eigenvalue weighted by atomic mass is 9.97. The van der Waals surface area contributed by atoms with Gasteiger partial charge in [0.25, 0.3) is 0 Å². The van der Waals surface area contributed by atoms with E-state index in [1.165, 1.54) is 25.7 Å². The highest BCUT2D eigenvalue weighted by Crippen LogP contribution is 2.41. The minimum Gasteiger partial charge on any atom is -0.497 e. The summed E-state index contributed by atoms with van der Waals surface area (Å²) in [5.41, 5.74) is 8.74. The molecule has 2 heterocycles. The maximum Gasteiger partial charge on any atom is 0.200 e. The predicted octanol–water partition coefficient (Wildman–Crippen LogP) is 3.45. The van der Waals surface area contributed by atoms with Gasteiger partial charge in [0, 0.05) is 12.5 Å². The van der Waals surface area contributed by atoms with Gasteiger partial charge in [-0.25, -0.2) is 15.0 Å². The smallest absolute Gasteiger partial charge is 0.200 e. The Balaban J connectivity index is 1.37. The van der Waals surface area contributed by atoms with Crippen molar-refractivity contribution < 1.29 is 4.74 Å². The fraction of sp³-hybridized carbons (Fsp3) is 0.500. The van der Waals surface area contributed by atoms with E-state index in [-0.39, 0.29) is 12.0 Å². The van der Waals surface area contributed by atoms with Gasteiger partial charge in [-0.1, -0.05) is 25.1 Å². The molecule has 2 fully saturated rings. The average molecular weight is 462 g/mol. The molecule has 0 saturated heterocycles. The first-order chi connectivity index (χ1) is 16.4. The van der Waals surface area contributed by atoms with Crippen LogP contribution in [0, 0.1) is 17.8 Å². The Hall–Kier alpha value is -3.13. The molecular formula is C26H35N7O. The van der Waals surface area contributed by atoms with Gasteiger partial charge in [-0.15, -0.1) is 0 Å². The second kappa shape index (κ2) is 9.25. The lowest BCUT2D eigenvalue weighted by Gasteiger charge is -2.38. The summed E-state index contributed by atoms with van der Waals surface area (Å²) in [6, 6.07) is 14.2. The van der Waals surface area contributed by atoms with Crippen molar-refractivity contribution >= 4 is 17.6 Å². The van der Waals surface area contributed by atoms with Crippen LogP contribution in [0.4, 0.5) is 5.82 Å². The molecule has 0 amide bonds. The molecule has 180 valence electrons. The maximum absolute atomic E-state index is 6.85. The van der Waals surface area contributed by atoms with Gasteiger partial charge < -0.3 is 20.7 Å². The number of methoxy groups -OCH3 is 1. The summed E-state index contributed by atoms with van der Waals surface area (Å²) in [5, 5.41) is 10.2. The third-order valence-corrected chi connectivity index (χ3v) is 7.14. The zero-order chi connectivity index (χ0) is 23.7. The molecule has 5 rings (SSSR count). The summed E-state index contributed by atoms with van der Waals surface area (Å²) in [4.78, 5) is 14.7. The number of guanidine groups is 1. The third kappa shape index (κ3) is 5.17. The minimum atomic E-state index is -0.905. The number of nitrogens with two attached hydrogens (primary N) is 1. The fourth-order valence-electron chi connectivity index (χ4n) is 4.42. The molecule has 1 aliphatic heterocycles. The summed E-state index contributed by atoms with van der Waals surface area (Å²) < 4.78 is 5.24. The van der Waals surface area contributed by atoms with Crippen LogP contribution in [0.2, 0.25) is 0 Å². The minimum absolute atomic E-state index is 0.197. The van der Waals surface area contributed by atoms with Gasteiger partial charge in [0.05, 0.1) is 13.2 Å². The molecule has 2 aromatic rings. The number of ether oxygens (including phenoxy) is 1. The Morgan fingerprint density at radius 2 is 1.85 bits per heavy atom. The Labute approximate surface area is 201 Å². The molecule has 0 spiro atoms. The maximum atomic E-state index is 6.85. The fourth-order valence-corrected chi connectivity index (χ4v) is 4.42. The lowest BCUT2D eigenvalue weighted by molar-refractivity contribution is 0.243. The summed E-state index contributed by atoms with van der Waals surface area (Å²) in [6.45, 7) is 5.01. The van der Waals surface area contributed by atoms with Crippen LogP contribution < -0.4 is 26.4 Å². The van der Waals surface area contributed by atoms with Crippen LogP contribution >= 0.6 is 0 Å². The molecule has 3 aliphatic rings. The topological polar surface area (TPSA) is 109 Å². The Kier molecular flexibility index (Phi) is 6.16. The number of hydrogen-bond donors (Lipinski definition) is 4. The highest BCUT2D eigenvalue weighted by atomic mass is 16.5. The Bertz CT molecular complexity index is 1070. The van der Waals surface area contributed by atoms with Gasteiger partial charge in [0.2, 0.25) is 0 Å². The van der Waals surface area contributed by atoms with Crippen LogP contribution in [-0.4, -0.2) is 35.7 Å². The first-order valence-electron chi connectivity index (χ1n) is 12.3. The molecule has 34 heavy (non-hydrogen) atoms. The SMILES string of the molecule is COc1ccc(CNc2cccc(C3=NC(N)([C@H](C)C4CC4)NC(=N[C@H](C)C4CC4)N3)n2)cc1. The molecular weight excluding hydrogens is 426 g/mol. The van der Waals surface area contributed by atoms with E-state index >= 15 is 0 Å². The monoisotopic (exact) mass is 461 g/mol. The number of rotatable bonds is 9. The molecule has 2 aliphatic carbocycles. The summed E-state index contributed by atoms with van der Waals surface area (Å²) in [5.74, 6) is 3.52. The highest BCUT2D eigenvalue weighted by molar-refractivity contribution is 6.09. The summed E-state index contributed by atoms with van der Waals surface area (Å²) in [7, 11) is 1.67. The standard InChI is InChI=1S/C26H35N7O/c1-16(19-9-10-19)26(27)32-24(31-25(33-26)29-17(2)20-11-12-20)22-5-4-6-23(30-22)28-15-18-7-13-21(34-3)14-8-18/h4-8,13-14,16-17,19-20H,9-12,15,27H2,1-3H3,(H,28,30)(H2,29,31,32,33)/t16-,17-,26?/m1/s1. The van der Waals surface area contributed by atoms with Crippen molar-refractivity contribution in [3.63, 3.8) is 0 Å². The normalized spacial score (nSPS) is 25.1. The lowest BCUT2D eigenvalue weighted by Crippen LogP contribution is -2.67. The molecule has 5 N–H and O–H groups in total. The van der Waals surface area contributed by atoms with Crippen molar-refractivity contribution in [1.29, 1.82) is 0 Å². The van der Waals surface area contributed by atoms with Crippen LogP contribution in [0.1, 0.15) is 50.8 Å². The zero-order valence-electron chi connectivity index (χ0n) is 20.2. The average Bonchev–Trinajstić information content (AvgIpc) is 3.75. The van der Waals surface area contributed by atoms with E-state index < -0.39 is 5.79 Å². The van der Waals surface area contributed by atoms with Gasteiger partial charge in [-0.3, -0.25) is 5.73 Å². The molecule has 3 atom stereocenters. The Morgan fingerprint density at radius 3 is 2.53 bits per heavy atom. The number of nitrogens with one attached hydrogen (secondary N) is 3. The van der Waals surface area contributed by atoms with Crippen LogP contribution in [0.15, 0.2) is 52.4 Å². The third-order valence-electron chi connectivity index (χ3n) is 7.14. The second-order valence-corrected chi connectivity index (χ2v) is 9.83. The van der Waals surface area contributed by atoms with E-state index in [2.05, 4.69) is 29.8 Å². The molecule has 1 aromatic carbocycles. The molecule has 0 radical (unpaired) electrons. The number of aliphatic imine (C=N–C) groups is 2. The molecule has 1 aromatic heterocycles. The first-order valence-corrected chi connectivity index (χ1v) is 12.3. The Morgan fingerprint density at radius 1 is 1.12 bits per heavy atom. The number of hydrogen-bond acceptors (Lipinski definition) is 6. The van der Waals surface area contributed by atoms with E-state index in [1.807, 2.05) is 42.5 Å². The van der Waals surface area contributed by atoms with Crippen molar-refractivity contribution in [3.05, 3.63) is 53.7 Å². The van der Waals surface area contributed by atoms with Crippen molar-refractivity contribution in [2.24, 2.45) is 33.5 Å². The molecule has 8 nitrogen and oxygen atoms in total. The van der Waals surface area contributed by atoms with E-state index in [9.17, 15) is 0 Å². The predicted molar refractivity (Wildman–Crippen MR) is 136 cm³/mol. The molecule has 0 bridgehead atoms.